The van der Waals surface area contributed by atoms with E-state index in [0.717, 1.165) is 34.0 Å². The second-order valence-electron chi connectivity index (χ2n) is 6.64. The van der Waals surface area contributed by atoms with E-state index in [-0.39, 0.29) is 5.91 Å². The molecule has 0 radical (unpaired) electrons. The summed E-state index contributed by atoms with van der Waals surface area (Å²) >= 11 is 0. The summed E-state index contributed by atoms with van der Waals surface area (Å²) in [4.78, 5) is 21.8. The summed E-state index contributed by atoms with van der Waals surface area (Å²) in [6.07, 6.45) is 3.55. The van der Waals surface area contributed by atoms with Crippen LogP contribution >= 0.6 is 0 Å². The molecule has 0 bridgehead atoms. The van der Waals surface area contributed by atoms with Crippen molar-refractivity contribution in [2.24, 2.45) is 0 Å². The Balaban J connectivity index is 1.60. The van der Waals surface area contributed by atoms with Crippen molar-refractivity contribution in [3.05, 3.63) is 47.9 Å². The zero-order valence-corrected chi connectivity index (χ0v) is 15.4. The monoisotopic (exact) mass is 364 g/mol. The van der Waals surface area contributed by atoms with Crippen LogP contribution in [0.2, 0.25) is 0 Å². The minimum Gasteiger partial charge on any atom is -0.487 e. The highest BCUT2D eigenvalue weighted by atomic mass is 16.5. The average molecular weight is 364 g/mol. The summed E-state index contributed by atoms with van der Waals surface area (Å²) in [6.45, 7) is 2.49. The van der Waals surface area contributed by atoms with Gasteiger partial charge in [-0.05, 0) is 12.1 Å². The van der Waals surface area contributed by atoms with Crippen LogP contribution in [-0.2, 0) is 17.9 Å². The molecule has 8 heteroatoms. The highest BCUT2D eigenvalue weighted by molar-refractivity contribution is 5.88. The fraction of sp³-hybridized carbons (Fsp3) is 0.263. The van der Waals surface area contributed by atoms with E-state index in [4.69, 9.17) is 9.84 Å². The van der Waals surface area contributed by atoms with Gasteiger partial charge >= 0.3 is 0 Å². The van der Waals surface area contributed by atoms with Crippen LogP contribution in [0.3, 0.4) is 0 Å². The lowest BCUT2D eigenvalue weighted by molar-refractivity contribution is -0.114. The lowest BCUT2D eigenvalue weighted by Crippen LogP contribution is -2.12. The summed E-state index contributed by atoms with van der Waals surface area (Å²) < 4.78 is 7.88. The lowest BCUT2D eigenvalue weighted by Gasteiger charge is -2.10. The first-order valence-electron chi connectivity index (χ1n) is 8.59. The number of ether oxygens (including phenoxy) is 1. The molecule has 1 aliphatic heterocycles. The second kappa shape index (κ2) is 6.71. The number of benzene rings is 1. The van der Waals surface area contributed by atoms with E-state index >= 15 is 0 Å². The Bertz CT molecular complexity index is 994. The molecule has 0 spiro atoms. The number of hydrogen-bond acceptors (Lipinski definition) is 6. The van der Waals surface area contributed by atoms with Gasteiger partial charge in [0.1, 0.15) is 12.4 Å². The van der Waals surface area contributed by atoms with Crippen LogP contribution in [0.15, 0.2) is 36.7 Å². The number of carbonyl (C=O) groups is 1. The Labute approximate surface area is 156 Å². The van der Waals surface area contributed by atoms with Crippen LogP contribution in [0.25, 0.3) is 11.3 Å². The molecule has 2 aromatic heterocycles. The van der Waals surface area contributed by atoms with Crippen molar-refractivity contribution < 1.29 is 9.53 Å². The zero-order chi connectivity index (χ0) is 19.0. The third-order valence-corrected chi connectivity index (χ3v) is 4.28. The van der Waals surface area contributed by atoms with Crippen LogP contribution in [-0.4, -0.2) is 39.8 Å². The normalized spacial score (nSPS) is 12.4. The standard InChI is InChI=1S/C19H20N6O2/c1-12(26)22-15-5-4-13-10-25-16(11-27-18(13)6-15)7-17(23-25)14-8-20-19(21-9-14)24(2)3/h4-9H,10-11H2,1-3H3,(H,22,26). The summed E-state index contributed by atoms with van der Waals surface area (Å²) in [5.41, 5.74) is 4.38. The molecule has 0 aliphatic carbocycles. The molecular weight excluding hydrogens is 344 g/mol. The molecule has 4 rings (SSSR count). The Morgan fingerprint density at radius 2 is 2.00 bits per heavy atom. The molecule has 0 saturated heterocycles. The minimum absolute atomic E-state index is 0.108. The van der Waals surface area contributed by atoms with Gasteiger partial charge < -0.3 is 15.0 Å². The molecule has 1 aliphatic rings. The van der Waals surface area contributed by atoms with Gasteiger partial charge in [0, 0.05) is 56.3 Å². The van der Waals surface area contributed by atoms with E-state index in [2.05, 4.69) is 15.3 Å². The summed E-state index contributed by atoms with van der Waals surface area (Å²) in [7, 11) is 3.81. The van der Waals surface area contributed by atoms with Gasteiger partial charge in [-0.1, -0.05) is 6.07 Å². The van der Waals surface area contributed by atoms with E-state index < -0.39 is 0 Å². The van der Waals surface area contributed by atoms with Crippen molar-refractivity contribution in [2.45, 2.75) is 20.1 Å². The number of anilines is 2. The van der Waals surface area contributed by atoms with Crippen molar-refractivity contribution in [2.75, 3.05) is 24.3 Å². The van der Waals surface area contributed by atoms with Gasteiger partial charge in [-0.15, -0.1) is 0 Å². The predicted octanol–water partition coefficient (Wildman–Crippen LogP) is 2.31. The average Bonchev–Trinajstić information content (AvgIpc) is 2.96. The Kier molecular flexibility index (Phi) is 4.23. The van der Waals surface area contributed by atoms with Crippen LogP contribution in [0.4, 0.5) is 11.6 Å². The molecule has 3 aromatic rings. The smallest absolute Gasteiger partial charge is 0.224 e. The quantitative estimate of drug-likeness (QED) is 0.768. The summed E-state index contributed by atoms with van der Waals surface area (Å²) in [5, 5.41) is 7.47. The third-order valence-electron chi connectivity index (χ3n) is 4.28. The molecule has 138 valence electrons. The number of amides is 1. The Morgan fingerprint density at radius 3 is 2.70 bits per heavy atom. The largest absolute Gasteiger partial charge is 0.487 e. The van der Waals surface area contributed by atoms with Crippen LogP contribution in [0, 0.1) is 0 Å². The molecule has 0 atom stereocenters. The first-order chi connectivity index (χ1) is 13.0. The number of hydrogen-bond donors (Lipinski definition) is 1. The SMILES string of the molecule is CC(=O)Nc1ccc2c(c1)OCc1cc(-c3cnc(N(C)C)nc3)nn1C2. The zero-order valence-electron chi connectivity index (χ0n) is 15.4. The van der Waals surface area contributed by atoms with Gasteiger partial charge in [0.2, 0.25) is 11.9 Å². The molecule has 0 fully saturated rings. The fourth-order valence-electron chi connectivity index (χ4n) is 2.95. The maximum Gasteiger partial charge on any atom is 0.224 e. The molecule has 0 saturated carbocycles. The highest BCUT2D eigenvalue weighted by Crippen LogP contribution is 2.29. The van der Waals surface area contributed by atoms with Crippen molar-refractivity contribution in [3.63, 3.8) is 0 Å². The van der Waals surface area contributed by atoms with Crippen LogP contribution < -0.4 is 15.0 Å². The predicted molar refractivity (Wildman–Crippen MR) is 102 cm³/mol. The molecule has 27 heavy (non-hydrogen) atoms. The van der Waals surface area contributed by atoms with E-state index in [1.807, 2.05) is 47.9 Å². The first kappa shape index (κ1) is 17.0. The maximum absolute atomic E-state index is 11.2. The fourth-order valence-corrected chi connectivity index (χ4v) is 2.95. The van der Waals surface area contributed by atoms with Crippen LogP contribution in [0.1, 0.15) is 18.2 Å². The van der Waals surface area contributed by atoms with Crippen molar-refractivity contribution >= 4 is 17.5 Å². The minimum atomic E-state index is -0.108. The second-order valence-corrected chi connectivity index (χ2v) is 6.64. The topological polar surface area (TPSA) is 85.2 Å². The molecule has 8 nitrogen and oxygen atoms in total. The number of rotatable bonds is 3. The lowest BCUT2D eigenvalue weighted by atomic mass is 10.2. The summed E-state index contributed by atoms with van der Waals surface area (Å²) in [6, 6.07) is 7.66. The van der Waals surface area contributed by atoms with Gasteiger partial charge in [-0.3, -0.25) is 9.48 Å². The Hall–Kier alpha value is -3.42. The molecule has 1 aromatic carbocycles. The van der Waals surface area contributed by atoms with Gasteiger partial charge in [0.25, 0.3) is 0 Å². The molecular formula is C19H20N6O2. The van der Waals surface area contributed by atoms with E-state index in [9.17, 15) is 4.79 Å². The van der Waals surface area contributed by atoms with Gasteiger partial charge in [-0.25, -0.2) is 9.97 Å². The van der Waals surface area contributed by atoms with E-state index in [1.165, 1.54) is 6.92 Å². The van der Waals surface area contributed by atoms with Crippen molar-refractivity contribution in [1.82, 2.24) is 19.7 Å². The third kappa shape index (κ3) is 3.46. The van der Waals surface area contributed by atoms with Gasteiger partial charge in [0.05, 0.1) is 17.9 Å². The maximum atomic E-state index is 11.2. The Morgan fingerprint density at radius 1 is 1.22 bits per heavy atom. The number of nitrogens with zero attached hydrogens (tertiary/aromatic N) is 5. The highest BCUT2D eigenvalue weighted by Gasteiger charge is 2.18. The van der Waals surface area contributed by atoms with Crippen molar-refractivity contribution in [1.29, 1.82) is 0 Å². The molecule has 1 amide bonds. The number of fused-ring (bicyclic) bond motifs is 2. The molecule has 1 N–H and O–H groups in total. The van der Waals surface area contributed by atoms with Gasteiger partial charge in [0.15, 0.2) is 0 Å². The van der Waals surface area contributed by atoms with Crippen molar-refractivity contribution in [3.8, 4) is 17.0 Å². The molecule has 3 heterocycles. The van der Waals surface area contributed by atoms with Gasteiger partial charge in [-0.2, -0.15) is 5.10 Å². The number of nitrogens with one attached hydrogen (secondary N) is 1. The number of carbonyl (C=O) groups excluding carboxylic acids is 1. The molecule has 0 unspecified atom stereocenters. The number of aromatic nitrogens is 4. The van der Waals surface area contributed by atoms with E-state index in [0.29, 0.717) is 19.1 Å². The summed E-state index contributed by atoms with van der Waals surface area (Å²) in [5.74, 6) is 1.31. The van der Waals surface area contributed by atoms with E-state index in [1.54, 1.807) is 12.4 Å². The van der Waals surface area contributed by atoms with Crippen LogP contribution in [0.5, 0.6) is 5.75 Å². The first-order valence-corrected chi connectivity index (χ1v) is 8.59.